The van der Waals surface area contributed by atoms with Crippen molar-refractivity contribution in [2.45, 2.75) is 19.9 Å². The van der Waals surface area contributed by atoms with E-state index < -0.39 is 7.81 Å². The molecule has 0 aromatic carbocycles. The zero-order valence-electron chi connectivity index (χ0n) is 9.04. The number of nitrogens with zero attached hydrogens (tertiary/aromatic N) is 2. The van der Waals surface area contributed by atoms with E-state index in [1.807, 2.05) is 23.3 Å². The maximum atomic E-state index is 9.87. The number of rotatable bonds is 3. The van der Waals surface area contributed by atoms with Gasteiger partial charge in [-0.05, 0) is 6.42 Å². The van der Waals surface area contributed by atoms with Gasteiger partial charge in [0.05, 0.1) is 12.7 Å². The van der Waals surface area contributed by atoms with Crippen molar-refractivity contribution in [2.75, 3.05) is 0 Å². The van der Waals surface area contributed by atoms with Gasteiger partial charge in [-0.1, -0.05) is 13.5 Å². The van der Waals surface area contributed by atoms with Crippen LogP contribution < -0.4 is 4.57 Å². The zero-order chi connectivity index (χ0) is 13.8. The molecule has 2 nitrogen and oxygen atoms in total. The summed E-state index contributed by atoms with van der Waals surface area (Å²) in [6.45, 7) is 6.90. The molecule has 1 aromatic rings. The summed E-state index contributed by atoms with van der Waals surface area (Å²) < 4.78 is 63.3. The summed E-state index contributed by atoms with van der Waals surface area (Å²) in [5.41, 5.74) is 0. The normalized spacial score (nSPS) is 15.2. The molecule has 1 rings (SSSR count). The van der Waals surface area contributed by atoms with E-state index in [9.17, 15) is 25.2 Å². The van der Waals surface area contributed by atoms with Crippen molar-refractivity contribution in [3.05, 3.63) is 25.3 Å². The predicted octanol–water partition coefficient (Wildman–Crippen LogP) is 4.67. The minimum atomic E-state index is -10.7. The Balaban J connectivity index is 0.000000325. The first kappa shape index (κ1) is 16.0. The van der Waals surface area contributed by atoms with Gasteiger partial charge >= 0.3 is 33.0 Å². The van der Waals surface area contributed by atoms with E-state index in [4.69, 9.17) is 0 Å². The SMILES string of the molecule is C=C[n+]1ccn(CCC)c1.F[P-](F)(F)(F)(F)F. The number of halogens is 6. The van der Waals surface area contributed by atoms with Crippen LogP contribution in [0.1, 0.15) is 13.3 Å². The molecule has 0 saturated carbocycles. The van der Waals surface area contributed by atoms with Gasteiger partial charge in [-0.25, -0.2) is 9.13 Å². The molecule has 1 aromatic heterocycles. The monoisotopic (exact) mass is 282 g/mol. The van der Waals surface area contributed by atoms with Crippen LogP contribution in [-0.2, 0) is 6.54 Å². The molecule has 9 heteroatoms. The molecular weight excluding hydrogens is 269 g/mol. The molecule has 0 aliphatic heterocycles. The van der Waals surface area contributed by atoms with Gasteiger partial charge in [0.15, 0.2) is 0 Å². The molecule has 0 aliphatic carbocycles. The third-order valence-electron chi connectivity index (χ3n) is 1.40. The summed E-state index contributed by atoms with van der Waals surface area (Å²) >= 11 is 0. The first-order chi connectivity index (χ1) is 7.31. The van der Waals surface area contributed by atoms with E-state index in [1.165, 1.54) is 6.42 Å². The number of imidazole rings is 1. The second-order valence-electron chi connectivity index (χ2n) is 3.24. The van der Waals surface area contributed by atoms with E-state index in [0.717, 1.165) is 6.54 Å². The molecule has 0 bridgehead atoms. The summed E-state index contributed by atoms with van der Waals surface area (Å²) in [6.07, 6.45) is 9.02. The fourth-order valence-electron chi connectivity index (χ4n) is 0.909. The minimum absolute atomic E-state index is 1.08. The van der Waals surface area contributed by atoms with Crippen molar-refractivity contribution in [3.8, 4) is 0 Å². The molecule has 0 N–H and O–H groups in total. The molecule has 0 spiro atoms. The Hall–Kier alpha value is -1.04. The maximum absolute atomic E-state index is 10.7. The van der Waals surface area contributed by atoms with Gasteiger partial charge in [0.2, 0.25) is 6.33 Å². The summed E-state index contributed by atoms with van der Waals surface area (Å²) in [6, 6.07) is 0. The Labute approximate surface area is 94.4 Å². The summed E-state index contributed by atoms with van der Waals surface area (Å²) in [5.74, 6) is 0. The summed E-state index contributed by atoms with van der Waals surface area (Å²) in [7, 11) is -10.7. The first-order valence-electron chi connectivity index (χ1n) is 4.57. The van der Waals surface area contributed by atoms with Crippen LogP contribution >= 0.6 is 7.81 Å². The molecule has 0 amide bonds. The Morgan fingerprint density at radius 1 is 1.24 bits per heavy atom. The molecule has 0 aliphatic rings. The van der Waals surface area contributed by atoms with E-state index in [-0.39, 0.29) is 0 Å². The Morgan fingerprint density at radius 2 is 1.71 bits per heavy atom. The van der Waals surface area contributed by atoms with Crippen LogP contribution in [0.5, 0.6) is 0 Å². The van der Waals surface area contributed by atoms with Gasteiger partial charge in [-0.3, -0.25) is 0 Å². The molecular formula is C8H13F6N2P. The van der Waals surface area contributed by atoms with Crippen LogP contribution in [-0.4, -0.2) is 4.57 Å². The second kappa shape index (κ2) is 4.33. The van der Waals surface area contributed by atoms with Gasteiger partial charge < -0.3 is 0 Å². The predicted molar refractivity (Wildman–Crippen MR) is 54.9 cm³/mol. The number of aryl methyl sites for hydroxylation is 1. The van der Waals surface area contributed by atoms with Crippen LogP contribution in [0.2, 0.25) is 0 Å². The first-order valence-corrected chi connectivity index (χ1v) is 6.60. The van der Waals surface area contributed by atoms with Crippen LogP contribution in [0, 0.1) is 0 Å². The Morgan fingerprint density at radius 3 is 2.00 bits per heavy atom. The summed E-state index contributed by atoms with van der Waals surface area (Å²) in [4.78, 5) is 0. The number of aromatic nitrogens is 2. The second-order valence-corrected chi connectivity index (χ2v) is 5.16. The van der Waals surface area contributed by atoms with Gasteiger partial charge in [-0.15, -0.1) is 0 Å². The van der Waals surface area contributed by atoms with E-state index in [0.29, 0.717) is 0 Å². The summed E-state index contributed by atoms with van der Waals surface area (Å²) in [5, 5.41) is 0. The van der Waals surface area contributed by atoms with Crippen molar-refractivity contribution in [2.24, 2.45) is 0 Å². The molecule has 17 heavy (non-hydrogen) atoms. The molecule has 0 unspecified atom stereocenters. The van der Waals surface area contributed by atoms with E-state index in [1.54, 1.807) is 6.20 Å². The van der Waals surface area contributed by atoms with Gasteiger partial charge in [0, 0.05) is 0 Å². The average molecular weight is 282 g/mol. The quantitative estimate of drug-likeness (QED) is 0.433. The molecule has 0 atom stereocenters. The van der Waals surface area contributed by atoms with Crippen LogP contribution in [0.3, 0.4) is 0 Å². The van der Waals surface area contributed by atoms with Crippen molar-refractivity contribution in [1.29, 1.82) is 0 Å². The molecule has 0 saturated heterocycles. The zero-order valence-corrected chi connectivity index (χ0v) is 9.93. The fraction of sp³-hybridized carbons (Fsp3) is 0.375. The molecule has 0 fully saturated rings. The van der Waals surface area contributed by atoms with E-state index in [2.05, 4.69) is 18.1 Å². The molecule has 0 radical (unpaired) electrons. The Bertz CT molecular complexity index is 367. The molecule has 102 valence electrons. The topological polar surface area (TPSA) is 8.81 Å². The number of hydrogen-bond donors (Lipinski definition) is 0. The number of hydrogen-bond acceptors (Lipinski definition) is 0. The Kier molecular flexibility index (Phi) is 4.06. The van der Waals surface area contributed by atoms with Gasteiger partial charge in [0.25, 0.3) is 0 Å². The van der Waals surface area contributed by atoms with Crippen molar-refractivity contribution in [1.82, 2.24) is 4.57 Å². The van der Waals surface area contributed by atoms with Gasteiger partial charge in [-0.2, -0.15) is 0 Å². The van der Waals surface area contributed by atoms with E-state index >= 15 is 0 Å². The van der Waals surface area contributed by atoms with Crippen molar-refractivity contribution >= 4 is 14.0 Å². The van der Waals surface area contributed by atoms with Crippen molar-refractivity contribution < 1.29 is 29.7 Å². The van der Waals surface area contributed by atoms with Crippen LogP contribution in [0.4, 0.5) is 25.2 Å². The van der Waals surface area contributed by atoms with Crippen LogP contribution in [0.25, 0.3) is 6.20 Å². The third-order valence-corrected chi connectivity index (χ3v) is 1.40. The third kappa shape index (κ3) is 15.0. The van der Waals surface area contributed by atoms with Gasteiger partial charge in [0.1, 0.15) is 12.4 Å². The fourth-order valence-corrected chi connectivity index (χ4v) is 0.909. The average Bonchev–Trinajstić information content (AvgIpc) is 2.47. The van der Waals surface area contributed by atoms with Crippen LogP contribution in [0.15, 0.2) is 25.3 Å². The molecule has 1 heterocycles. The van der Waals surface area contributed by atoms with Crippen molar-refractivity contribution in [3.63, 3.8) is 0 Å². The standard InChI is InChI=1S/C8H13N2.F6P/c1-3-5-10-7-6-9(4-2)8-10;1-7(2,3,4,5)6/h4,6-8H,2-3,5H2,1H3;/q+1;-1.